The van der Waals surface area contributed by atoms with Crippen molar-refractivity contribution in [3.05, 3.63) is 67.6 Å². The highest BCUT2D eigenvalue weighted by atomic mass is 79.9. The maximum absolute atomic E-state index is 6.16. The van der Waals surface area contributed by atoms with Crippen LogP contribution >= 0.6 is 43.5 Å². The number of halogens is 3. The Morgan fingerprint density at radius 2 is 1.67 bits per heavy atom. The largest absolute Gasteiger partial charge is 0.309 e. The number of benzene rings is 2. The minimum atomic E-state index is 0.757. The summed E-state index contributed by atoms with van der Waals surface area (Å²) < 4.78 is 2.13. The highest BCUT2D eigenvalue weighted by Crippen LogP contribution is 2.21. The number of hydrogen-bond donors (Lipinski definition) is 1. The van der Waals surface area contributed by atoms with Crippen LogP contribution in [-0.4, -0.2) is 0 Å². The molecule has 0 aromatic heterocycles. The minimum absolute atomic E-state index is 0.757. The second kappa shape index (κ2) is 6.71. The van der Waals surface area contributed by atoms with Crippen LogP contribution in [0.3, 0.4) is 0 Å². The van der Waals surface area contributed by atoms with E-state index in [2.05, 4.69) is 43.2 Å². The van der Waals surface area contributed by atoms with Crippen molar-refractivity contribution >= 4 is 43.5 Å². The van der Waals surface area contributed by atoms with Crippen LogP contribution in [0.5, 0.6) is 0 Å². The molecular weight excluding hydrogens is 377 g/mol. The van der Waals surface area contributed by atoms with E-state index >= 15 is 0 Å². The fraction of sp³-hybridized carbons (Fsp3) is 0.143. The topological polar surface area (TPSA) is 12.0 Å². The van der Waals surface area contributed by atoms with Crippen LogP contribution in [0.15, 0.2) is 51.4 Å². The van der Waals surface area contributed by atoms with Gasteiger partial charge in [-0.25, -0.2) is 0 Å². The number of nitrogens with one attached hydrogen (secondary N) is 1. The van der Waals surface area contributed by atoms with Gasteiger partial charge in [0.05, 0.1) is 0 Å². The van der Waals surface area contributed by atoms with E-state index in [4.69, 9.17) is 11.6 Å². The normalized spacial score (nSPS) is 10.6. The molecule has 0 aliphatic heterocycles. The first-order chi connectivity index (χ1) is 8.66. The Bertz CT molecular complexity index is 543. The van der Waals surface area contributed by atoms with Gasteiger partial charge < -0.3 is 5.32 Å². The maximum atomic E-state index is 6.16. The molecule has 1 nitrogen and oxygen atoms in total. The Morgan fingerprint density at radius 1 is 0.944 bits per heavy atom. The third-order valence-electron chi connectivity index (χ3n) is 2.60. The predicted octanol–water partition coefficient (Wildman–Crippen LogP) is 5.15. The first-order valence-corrected chi connectivity index (χ1v) is 7.51. The van der Waals surface area contributed by atoms with Crippen LogP contribution in [0.1, 0.15) is 11.1 Å². The highest BCUT2D eigenvalue weighted by Gasteiger charge is 2.02. The van der Waals surface area contributed by atoms with Gasteiger partial charge in [0, 0.05) is 27.1 Å². The highest BCUT2D eigenvalue weighted by molar-refractivity contribution is 9.10. The van der Waals surface area contributed by atoms with E-state index in [1.165, 1.54) is 5.56 Å². The van der Waals surface area contributed by atoms with Crippen molar-refractivity contribution in [2.24, 2.45) is 0 Å². The van der Waals surface area contributed by atoms with Gasteiger partial charge in [-0.1, -0.05) is 67.7 Å². The molecule has 2 aromatic rings. The zero-order valence-corrected chi connectivity index (χ0v) is 13.5. The van der Waals surface area contributed by atoms with Crippen molar-refractivity contribution in [2.75, 3.05) is 0 Å². The molecule has 1 N–H and O–H groups in total. The van der Waals surface area contributed by atoms with Gasteiger partial charge >= 0.3 is 0 Å². The summed E-state index contributed by atoms with van der Waals surface area (Å²) in [5.41, 5.74) is 2.35. The molecule has 0 amide bonds. The third kappa shape index (κ3) is 3.82. The molecule has 0 aliphatic carbocycles. The summed E-state index contributed by atoms with van der Waals surface area (Å²) in [4.78, 5) is 0. The lowest BCUT2D eigenvalue weighted by atomic mass is 10.2. The van der Waals surface area contributed by atoms with Gasteiger partial charge in [-0.3, -0.25) is 0 Å². The standard InChI is InChI=1S/C14H12Br2ClN/c15-12-6-5-11(14(17)7-12)9-18-8-10-3-1-2-4-13(10)16/h1-7,18H,8-9H2. The van der Waals surface area contributed by atoms with Crippen LogP contribution < -0.4 is 5.32 Å². The SMILES string of the molecule is Clc1cc(Br)ccc1CNCc1ccccc1Br. The molecule has 0 saturated heterocycles. The Labute approximate surface area is 129 Å². The summed E-state index contributed by atoms with van der Waals surface area (Å²) in [5, 5.41) is 4.17. The molecule has 0 saturated carbocycles. The van der Waals surface area contributed by atoms with Crippen molar-refractivity contribution in [1.82, 2.24) is 5.32 Å². The molecule has 2 aromatic carbocycles. The summed E-state index contributed by atoms with van der Waals surface area (Å²) in [6.45, 7) is 1.57. The summed E-state index contributed by atoms with van der Waals surface area (Å²) in [7, 11) is 0. The van der Waals surface area contributed by atoms with Crippen molar-refractivity contribution < 1.29 is 0 Å². The number of rotatable bonds is 4. The molecule has 0 unspecified atom stereocenters. The lowest BCUT2D eigenvalue weighted by Gasteiger charge is -2.08. The lowest BCUT2D eigenvalue weighted by molar-refractivity contribution is 0.691. The van der Waals surface area contributed by atoms with Gasteiger partial charge in [0.2, 0.25) is 0 Å². The fourth-order valence-electron chi connectivity index (χ4n) is 1.64. The summed E-state index contributed by atoms with van der Waals surface area (Å²) in [6, 6.07) is 14.1. The summed E-state index contributed by atoms with van der Waals surface area (Å²) in [6.07, 6.45) is 0. The van der Waals surface area contributed by atoms with Gasteiger partial charge in [0.25, 0.3) is 0 Å². The smallest absolute Gasteiger partial charge is 0.0462 e. The molecule has 0 spiro atoms. The zero-order valence-electron chi connectivity index (χ0n) is 9.59. The zero-order chi connectivity index (χ0) is 13.0. The van der Waals surface area contributed by atoms with E-state index in [0.717, 1.165) is 32.6 Å². The average molecular weight is 390 g/mol. The van der Waals surface area contributed by atoms with E-state index in [-0.39, 0.29) is 0 Å². The molecule has 0 heterocycles. The van der Waals surface area contributed by atoms with Gasteiger partial charge in [-0.05, 0) is 29.3 Å². The average Bonchev–Trinajstić information content (AvgIpc) is 2.34. The molecule has 18 heavy (non-hydrogen) atoms. The Morgan fingerprint density at radius 3 is 2.39 bits per heavy atom. The van der Waals surface area contributed by atoms with E-state index in [9.17, 15) is 0 Å². The van der Waals surface area contributed by atoms with Gasteiger partial charge in [0.15, 0.2) is 0 Å². The molecule has 0 atom stereocenters. The van der Waals surface area contributed by atoms with Crippen LogP contribution in [0.25, 0.3) is 0 Å². The summed E-state index contributed by atoms with van der Waals surface area (Å²) in [5.74, 6) is 0. The van der Waals surface area contributed by atoms with Crippen molar-refractivity contribution in [3.63, 3.8) is 0 Å². The van der Waals surface area contributed by atoms with Crippen molar-refractivity contribution in [1.29, 1.82) is 0 Å². The van der Waals surface area contributed by atoms with Gasteiger partial charge in [0.1, 0.15) is 0 Å². The quantitative estimate of drug-likeness (QED) is 0.762. The molecule has 4 heteroatoms. The Kier molecular flexibility index (Phi) is 5.25. The van der Waals surface area contributed by atoms with Gasteiger partial charge in [-0.2, -0.15) is 0 Å². The molecule has 0 aliphatic rings. The fourth-order valence-corrected chi connectivity index (χ4v) is 2.80. The maximum Gasteiger partial charge on any atom is 0.0462 e. The molecular formula is C14H12Br2ClN. The Balaban J connectivity index is 1.95. The van der Waals surface area contributed by atoms with Crippen molar-refractivity contribution in [2.45, 2.75) is 13.1 Å². The van der Waals surface area contributed by atoms with Crippen LogP contribution in [-0.2, 0) is 13.1 Å². The van der Waals surface area contributed by atoms with E-state index in [1.807, 2.05) is 36.4 Å². The van der Waals surface area contributed by atoms with Crippen molar-refractivity contribution in [3.8, 4) is 0 Å². The molecule has 0 bridgehead atoms. The first kappa shape index (κ1) is 14.1. The number of hydrogen-bond acceptors (Lipinski definition) is 1. The lowest BCUT2D eigenvalue weighted by Crippen LogP contribution is -2.13. The Hall–Kier alpha value is -0.350. The monoisotopic (exact) mass is 387 g/mol. The van der Waals surface area contributed by atoms with E-state index in [0.29, 0.717) is 0 Å². The molecule has 0 radical (unpaired) electrons. The summed E-state index contributed by atoms with van der Waals surface area (Å²) >= 11 is 13.1. The third-order valence-corrected chi connectivity index (χ3v) is 4.22. The first-order valence-electron chi connectivity index (χ1n) is 5.55. The van der Waals surface area contributed by atoms with E-state index in [1.54, 1.807) is 0 Å². The predicted molar refractivity (Wildman–Crippen MR) is 83.8 cm³/mol. The van der Waals surface area contributed by atoms with Gasteiger partial charge in [-0.15, -0.1) is 0 Å². The van der Waals surface area contributed by atoms with Crippen LogP contribution in [0.2, 0.25) is 5.02 Å². The minimum Gasteiger partial charge on any atom is -0.309 e. The van der Waals surface area contributed by atoms with Crippen LogP contribution in [0.4, 0.5) is 0 Å². The molecule has 2 rings (SSSR count). The molecule has 0 fully saturated rings. The second-order valence-corrected chi connectivity index (χ2v) is 6.11. The molecule has 94 valence electrons. The second-order valence-electron chi connectivity index (χ2n) is 3.93. The van der Waals surface area contributed by atoms with Crippen LogP contribution in [0, 0.1) is 0 Å². The van der Waals surface area contributed by atoms with E-state index < -0.39 is 0 Å².